The number of hydrogen-bond donors (Lipinski definition) is 0. The van der Waals surface area contributed by atoms with Gasteiger partial charge >= 0.3 is 5.97 Å². The molecule has 0 spiro atoms. The fourth-order valence-electron chi connectivity index (χ4n) is 1.66. The van der Waals surface area contributed by atoms with Crippen molar-refractivity contribution in [1.82, 2.24) is 0 Å². The number of ether oxygens (including phenoxy) is 2. The Morgan fingerprint density at radius 3 is 2.56 bits per heavy atom. The van der Waals surface area contributed by atoms with Crippen molar-refractivity contribution < 1.29 is 14.3 Å². The van der Waals surface area contributed by atoms with Gasteiger partial charge in [-0.1, -0.05) is 45.5 Å². The zero-order chi connectivity index (χ0) is 13.6. The highest BCUT2D eigenvalue weighted by Crippen LogP contribution is 2.26. The van der Waals surface area contributed by atoms with Crippen LogP contribution in [-0.4, -0.2) is 19.2 Å². The van der Waals surface area contributed by atoms with E-state index in [9.17, 15) is 4.79 Å². The summed E-state index contributed by atoms with van der Waals surface area (Å²) in [5.41, 5.74) is 1.51. The van der Waals surface area contributed by atoms with Gasteiger partial charge in [-0.3, -0.25) is 0 Å². The van der Waals surface area contributed by atoms with Gasteiger partial charge in [0, 0.05) is 0 Å². The van der Waals surface area contributed by atoms with Crippen molar-refractivity contribution in [2.24, 2.45) is 0 Å². The highest BCUT2D eigenvalue weighted by Gasteiger charge is 2.21. The minimum Gasteiger partial charge on any atom is -0.498 e. The fourth-order valence-corrected chi connectivity index (χ4v) is 1.66. The summed E-state index contributed by atoms with van der Waals surface area (Å²) in [5, 5.41) is 0. The molecule has 1 aromatic rings. The molecule has 0 N–H and O–H groups in total. The average molecular weight is 248 g/mol. The van der Waals surface area contributed by atoms with E-state index in [2.05, 4.69) is 27.4 Å². The van der Waals surface area contributed by atoms with Crippen LogP contribution in [-0.2, 0) is 14.9 Å². The number of hydrogen-bond acceptors (Lipinski definition) is 3. The lowest BCUT2D eigenvalue weighted by molar-refractivity contribution is 0.0418. The van der Waals surface area contributed by atoms with Crippen molar-refractivity contribution in [1.29, 1.82) is 0 Å². The molecule has 0 fully saturated rings. The molecule has 0 aromatic heterocycles. The van der Waals surface area contributed by atoms with Gasteiger partial charge in [-0.15, -0.1) is 0 Å². The van der Waals surface area contributed by atoms with Crippen LogP contribution in [0.3, 0.4) is 0 Å². The Morgan fingerprint density at radius 2 is 1.94 bits per heavy atom. The highest BCUT2D eigenvalue weighted by molar-refractivity contribution is 5.91. The Balaban J connectivity index is 2.76. The molecule has 3 nitrogen and oxygen atoms in total. The van der Waals surface area contributed by atoms with Crippen molar-refractivity contribution in [3.05, 3.63) is 48.2 Å². The maximum atomic E-state index is 12.0. The van der Waals surface area contributed by atoms with Crippen molar-refractivity contribution in [3.63, 3.8) is 0 Å². The second-order valence-corrected chi connectivity index (χ2v) is 4.97. The normalized spacial score (nSPS) is 10.8. The van der Waals surface area contributed by atoms with Gasteiger partial charge in [-0.05, 0) is 17.0 Å². The van der Waals surface area contributed by atoms with E-state index in [1.54, 1.807) is 6.07 Å². The van der Waals surface area contributed by atoms with Gasteiger partial charge in [-0.2, -0.15) is 0 Å². The Morgan fingerprint density at radius 1 is 1.28 bits per heavy atom. The van der Waals surface area contributed by atoms with Gasteiger partial charge in [-0.25, -0.2) is 4.79 Å². The Bertz CT molecular complexity index is 416. The van der Waals surface area contributed by atoms with E-state index in [4.69, 9.17) is 9.47 Å². The molecule has 0 aliphatic carbocycles. The molecule has 0 radical (unpaired) electrons. The van der Waals surface area contributed by atoms with Crippen LogP contribution < -0.4 is 0 Å². The van der Waals surface area contributed by atoms with Crippen LogP contribution in [0.25, 0.3) is 0 Å². The molecule has 1 aromatic carbocycles. The molecular weight excluding hydrogens is 228 g/mol. The molecule has 0 bridgehead atoms. The van der Waals surface area contributed by atoms with E-state index in [-0.39, 0.29) is 18.0 Å². The smallest absolute Gasteiger partial charge is 0.338 e. The number of benzene rings is 1. The maximum Gasteiger partial charge on any atom is 0.338 e. The monoisotopic (exact) mass is 248 g/mol. The first-order valence-corrected chi connectivity index (χ1v) is 5.96. The van der Waals surface area contributed by atoms with Crippen LogP contribution in [0, 0.1) is 0 Å². The van der Waals surface area contributed by atoms with Crippen molar-refractivity contribution in [2.45, 2.75) is 26.2 Å². The minimum absolute atomic E-state index is 0.0900. The Hall–Kier alpha value is -1.77. The van der Waals surface area contributed by atoms with Gasteiger partial charge in [0.1, 0.15) is 13.2 Å². The molecular formula is C15H20O3. The topological polar surface area (TPSA) is 35.5 Å². The molecule has 98 valence electrons. The summed E-state index contributed by atoms with van der Waals surface area (Å²) < 4.78 is 10.1. The zero-order valence-electron chi connectivity index (χ0n) is 11.2. The molecule has 0 aliphatic heterocycles. The third-order valence-electron chi connectivity index (χ3n) is 2.51. The predicted molar refractivity (Wildman–Crippen MR) is 71.6 cm³/mol. The van der Waals surface area contributed by atoms with Gasteiger partial charge in [0.25, 0.3) is 0 Å². The zero-order valence-corrected chi connectivity index (χ0v) is 11.2. The van der Waals surface area contributed by atoms with Crippen LogP contribution in [0.5, 0.6) is 0 Å². The van der Waals surface area contributed by atoms with Gasteiger partial charge < -0.3 is 9.47 Å². The first-order valence-electron chi connectivity index (χ1n) is 5.96. The van der Waals surface area contributed by atoms with E-state index in [0.29, 0.717) is 12.2 Å². The Labute approximate surface area is 108 Å². The summed E-state index contributed by atoms with van der Waals surface area (Å²) in [6.07, 6.45) is 1.33. The largest absolute Gasteiger partial charge is 0.498 e. The first-order chi connectivity index (χ1) is 8.46. The van der Waals surface area contributed by atoms with Crippen LogP contribution in [0.1, 0.15) is 36.7 Å². The molecule has 0 amide bonds. The number of esters is 1. The summed E-state index contributed by atoms with van der Waals surface area (Å²) in [6, 6.07) is 7.51. The molecule has 0 saturated heterocycles. The average Bonchev–Trinajstić information content (AvgIpc) is 2.33. The van der Waals surface area contributed by atoms with Gasteiger partial charge in [0.15, 0.2) is 0 Å². The van der Waals surface area contributed by atoms with Crippen molar-refractivity contribution in [2.75, 3.05) is 13.2 Å². The predicted octanol–water partition coefficient (Wildman–Crippen LogP) is 3.30. The summed E-state index contributed by atoms with van der Waals surface area (Å²) in [6.45, 7) is 10.2. The molecule has 0 atom stereocenters. The van der Waals surface area contributed by atoms with Crippen LogP contribution in [0.15, 0.2) is 37.1 Å². The van der Waals surface area contributed by atoms with Crippen molar-refractivity contribution >= 4 is 5.97 Å². The standard InChI is InChI=1S/C15H20O3/c1-5-17-10-11-18-14(16)12-8-6-7-9-13(12)15(2,3)4/h5-9H,1,10-11H2,2-4H3. The molecule has 0 saturated carbocycles. The third kappa shape index (κ3) is 3.91. The van der Waals surface area contributed by atoms with E-state index < -0.39 is 0 Å². The molecule has 0 unspecified atom stereocenters. The van der Waals surface area contributed by atoms with Gasteiger partial charge in [0.05, 0.1) is 11.8 Å². The van der Waals surface area contributed by atoms with Crippen LogP contribution in [0.2, 0.25) is 0 Å². The van der Waals surface area contributed by atoms with Crippen molar-refractivity contribution in [3.8, 4) is 0 Å². The molecule has 0 aliphatic rings. The highest BCUT2D eigenvalue weighted by atomic mass is 16.6. The lowest BCUT2D eigenvalue weighted by Gasteiger charge is -2.21. The first kappa shape index (κ1) is 14.3. The fraction of sp³-hybridized carbons (Fsp3) is 0.400. The quantitative estimate of drug-likeness (QED) is 0.455. The number of carbonyl (C=O) groups is 1. The second kappa shape index (κ2) is 6.24. The van der Waals surface area contributed by atoms with Crippen LogP contribution in [0.4, 0.5) is 0 Å². The van der Waals surface area contributed by atoms with E-state index in [0.717, 1.165) is 5.56 Å². The summed E-state index contributed by atoms with van der Waals surface area (Å²) in [7, 11) is 0. The lowest BCUT2D eigenvalue weighted by Crippen LogP contribution is -2.19. The SMILES string of the molecule is C=COCCOC(=O)c1ccccc1C(C)(C)C. The third-order valence-corrected chi connectivity index (χ3v) is 2.51. The minimum atomic E-state index is -0.312. The van der Waals surface area contributed by atoms with E-state index in [1.807, 2.05) is 18.2 Å². The number of rotatable bonds is 5. The lowest BCUT2D eigenvalue weighted by atomic mass is 9.84. The molecule has 18 heavy (non-hydrogen) atoms. The van der Waals surface area contributed by atoms with E-state index >= 15 is 0 Å². The van der Waals surface area contributed by atoms with Gasteiger partial charge in [0.2, 0.25) is 0 Å². The van der Waals surface area contributed by atoms with Crippen LogP contribution >= 0.6 is 0 Å². The Kier molecular flexibility index (Phi) is 4.95. The summed E-state index contributed by atoms with van der Waals surface area (Å²) in [5.74, 6) is -0.312. The molecule has 3 heteroatoms. The second-order valence-electron chi connectivity index (χ2n) is 4.97. The number of carbonyl (C=O) groups excluding carboxylic acids is 1. The molecule has 0 heterocycles. The maximum absolute atomic E-state index is 12.0. The van der Waals surface area contributed by atoms with E-state index in [1.165, 1.54) is 6.26 Å². The molecule has 1 rings (SSSR count). The summed E-state index contributed by atoms with van der Waals surface area (Å²) >= 11 is 0. The summed E-state index contributed by atoms with van der Waals surface area (Å²) in [4.78, 5) is 12.0.